The van der Waals surface area contributed by atoms with Gasteiger partial charge in [-0.25, -0.2) is 4.79 Å². The number of alkyl halides is 3. The van der Waals surface area contributed by atoms with Crippen LogP contribution in [0.4, 0.5) is 13.2 Å². The van der Waals surface area contributed by atoms with E-state index < -0.39 is 12.1 Å². The summed E-state index contributed by atoms with van der Waals surface area (Å²) in [7, 11) is 0. The number of carbonyl (C=O) groups is 1. The summed E-state index contributed by atoms with van der Waals surface area (Å²) >= 11 is 0. The number of fused-ring (bicyclic) bond motifs is 1. The molecule has 1 N–H and O–H groups in total. The topological polar surface area (TPSA) is 66.3 Å². The van der Waals surface area contributed by atoms with Crippen molar-refractivity contribution in [1.29, 1.82) is 0 Å². The molecule has 0 atom stereocenters. The predicted molar refractivity (Wildman–Crippen MR) is 109 cm³/mol. The molecule has 0 aliphatic carbocycles. The summed E-state index contributed by atoms with van der Waals surface area (Å²) < 4.78 is 31.7. The maximum atomic E-state index is 10.6. The van der Waals surface area contributed by atoms with Crippen molar-refractivity contribution in [1.82, 2.24) is 14.9 Å². The number of pyridine rings is 2. The highest BCUT2D eigenvalue weighted by atomic mass is 19.4. The quantitative estimate of drug-likeness (QED) is 0.632. The molecule has 3 rings (SSSR count). The first-order valence-electron chi connectivity index (χ1n) is 9.36. The maximum absolute atomic E-state index is 10.6. The third-order valence-corrected chi connectivity index (χ3v) is 4.34. The Morgan fingerprint density at radius 1 is 1.10 bits per heavy atom. The minimum absolute atomic E-state index is 0.462. The van der Waals surface area contributed by atoms with Gasteiger partial charge >= 0.3 is 12.1 Å². The smallest absolute Gasteiger partial charge is 0.475 e. The van der Waals surface area contributed by atoms with E-state index in [2.05, 4.69) is 65.1 Å². The molecule has 0 radical (unpaired) electrons. The van der Waals surface area contributed by atoms with Crippen molar-refractivity contribution in [2.75, 3.05) is 0 Å². The second-order valence-electron chi connectivity index (χ2n) is 7.10. The average molecular weight is 419 g/mol. The molecule has 30 heavy (non-hydrogen) atoms. The van der Waals surface area contributed by atoms with Crippen molar-refractivity contribution >= 4 is 16.9 Å². The molecule has 1 aromatic carbocycles. The lowest BCUT2D eigenvalue weighted by Crippen LogP contribution is -2.30. The Kier molecular flexibility index (Phi) is 7.88. The SMILES string of the molecule is Cc1ccc2cc(CN(Cc3ccccn3)C(C)C)ccc2n1.O=C(O)C(F)(F)F. The van der Waals surface area contributed by atoms with Crippen LogP contribution in [0.25, 0.3) is 10.9 Å². The lowest BCUT2D eigenvalue weighted by molar-refractivity contribution is -0.192. The Morgan fingerprint density at radius 2 is 1.80 bits per heavy atom. The molecule has 5 nitrogen and oxygen atoms in total. The molecular formula is C22H24F3N3O2. The number of carboxylic acid groups (broad SMARTS) is 1. The van der Waals surface area contributed by atoms with Crippen LogP contribution < -0.4 is 0 Å². The van der Waals surface area contributed by atoms with Gasteiger partial charge in [-0.15, -0.1) is 0 Å². The van der Waals surface area contributed by atoms with Gasteiger partial charge in [-0.3, -0.25) is 14.9 Å². The Labute approximate surface area is 173 Å². The second kappa shape index (κ2) is 10.2. The summed E-state index contributed by atoms with van der Waals surface area (Å²) in [6.07, 6.45) is -3.22. The van der Waals surface area contributed by atoms with E-state index in [-0.39, 0.29) is 0 Å². The molecule has 8 heteroatoms. The van der Waals surface area contributed by atoms with Crippen LogP contribution in [0, 0.1) is 6.92 Å². The summed E-state index contributed by atoms with van der Waals surface area (Å²) in [5.74, 6) is -2.76. The minimum Gasteiger partial charge on any atom is -0.475 e. The summed E-state index contributed by atoms with van der Waals surface area (Å²) in [6.45, 7) is 8.27. The lowest BCUT2D eigenvalue weighted by atomic mass is 10.1. The van der Waals surface area contributed by atoms with E-state index >= 15 is 0 Å². The van der Waals surface area contributed by atoms with Crippen molar-refractivity contribution in [2.24, 2.45) is 0 Å². The molecule has 2 aromatic heterocycles. The maximum Gasteiger partial charge on any atom is 0.490 e. The zero-order valence-electron chi connectivity index (χ0n) is 17.0. The second-order valence-corrected chi connectivity index (χ2v) is 7.10. The van der Waals surface area contributed by atoms with Crippen LogP contribution in [-0.4, -0.2) is 38.2 Å². The Morgan fingerprint density at radius 3 is 2.37 bits per heavy atom. The van der Waals surface area contributed by atoms with Crippen LogP contribution in [0.1, 0.15) is 30.8 Å². The molecule has 3 aromatic rings. The van der Waals surface area contributed by atoms with Gasteiger partial charge in [0.25, 0.3) is 0 Å². The van der Waals surface area contributed by atoms with Crippen LogP contribution >= 0.6 is 0 Å². The average Bonchev–Trinajstić information content (AvgIpc) is 2.68. The number of rotatable bonds is 5. The molecule has 0 aliphatic rings. The van der Waals surface area contributed by atoms with Crippen molar-refractivity contribution in [3.05, 3.63) is 71.7 Å². The number of aliphatic carboxylic acids is 1. The van der Waals surface area contributed by atoms with Crippen molar-refractivity contribution in [2.45, 2.75) is 46.1 Å². The fraction of sp³-hybridized carbons (Fsp3) is 0.318. The fourth-order valence-electron chi connectivity index (χ4n) is 2.73. The van der Waals surface area contributed by atoms with E-state index in [1.807, 2.05) is 25.3 Å². The number of halogens is 3. The van der Waals surface area contributed by atoms with E-state index in [1.165, 1.54) is 10.9 Å². The fourth-order valence-corrected chi connectivity index (χ4v) is 2.73. The molecule has 0 bridgehead atoms. The highest BCUT2D eigenvalue weighted by molar-refractivity contribution is 5.79. The van der Waals surface area contributed by atoms with E-state index in [0.717, 1.165) is 30.0 Å². The summed E-state index contributed by atoms with van der Waals surface area (Å²) in [6, 6.07) is 17.3. The lowest BCUT2D eigenvalue weighted by Gasteiger charge is -2.26. The monoisotopic (exact) mass is 419 g/mol. The van der Waals surface area contributed by atoms with Crippen LogP contribution in [0.2, 0.25) is 0 Å². The van der Waals surface area contributed by atoms with Crippen LogP contribution in [0.15, 0.2) is 54.7 Å². The highest BCUT2D eigenvalue weighted by Gasteiger charge is 2.38. The van der Waals surface area contributed by atoms with Crippen LogP contribution in [0.5, 0.6) is 0 Å². The number of carboxylic acids is 1. The van der Waals surface area contributed by atoms with Gasteiger partial charge in [0.05, 0.1) is 11.2 Å². The first-order valence-corrected chi connectivity index (χ1v) is 9.36. The molecule has 0 saturated heterocycles. The van der Waals surface area contributed by atoms with E-state index in [1.54, 1.807) is 0 Å². The predicted octanol–water partition coefficient (Wildman–Crippen LogP) is 4.98. The van der Waals surface area contributed by atoms with Gasteiger partial charge in [0.2, 0.25) is 0 Å². The molecule has 0 unspecified atom stereocenters. The van der Waals surface area contributed by atoms with Crippen molar-refractivity contribution in [3.8, 4) is 0 Å². The van der Waals surface area contributed by atoms with Crippen LogP contribution in [0.3, 0.4) is 0 Å². The number of nitrogens with zero attached hydrogens (tertiary/aromatic N) is 3. The minimum atomic E-state index is -5.08. The Hall–Kier alpha value is -3.00. The number of hydrogen-bond acceptors (Lipinski definition) is 4. The molecule has 0 amide bonds. The zero-order valence-corrected chi connectivity index (χ0v) is 17.0. The molecule has 0 saturated carbocycles. The normalized spacial score (nSPS) is 11.5. The van der Waals surface area contributed by atoms with Gasteiger partial charge in [-0.2, -0.15) is 13.2 Å². The Bertz CT molecular complexity index is 976. The largest absolute Gasteiger partial charge is 0.490 e. The first kappa shape index (κ1) is 23.3. The van der Waals surface area contributed by atoms with Gasteiger partial charge < -0.3 is 5.11 Å². The number of aryl methyl sites for hydroxylation is 1. The van der Waals surface area contributed by atoms with Gasteiger partial charge in [-0.1, -0.05) is 18.2 Å². The molecule has 0 spiro atoms. The number of benzene rings is 1. The highest BCUT2D eigenvalue weighted by Crippen LogP contribution is 2.18. The molecule has 0 fully saturated rings. The summed E-state index contributed by atoms with van der Waals surface area (Å²) in [4.78, 5) is 20.4. The number of hydrogen-bond donors (Lipinski definition) is 1. The van der Waals surface area contributed by atoms with Gasteiger partial charge in [0.15, 0.2) is 0 Å². The van der Waals surface area contributed by atoms with Crippen LogP contribution in [-0.2, 0) is 17.9 Å². The summed E-state index contributed by atoms with van der Waals surface area (Å²) in [5, 5.41) is 8.33. The summed E-state index contributed by atoms with van der Waals surface area (Å²) in [5.41, 5.74) is 4.55. The van der Waals surface area contributed by atoms with Gasteiger partial charge in [-0.05, 0) is 56.7 Å². The molecular weight excluding hydrogens is 395 g/mol. The van der Waals surface area contributed by atoms with E-state index in [9.17, 15) is 13.2 Å². The molecule has 0 aliphatic heterocycles. The number of aromatic nitrogens is 2. The first-order chi connectivity index (χ1) is 14.1. The van der Waals surface area contributed by atoms with Crippen molar-refractivity contribution < 1.29 is 23.1 Å². The third-order valence-electron chi connectivity index (χ3n) is 4.34. The van der Waals surface area contributed by atoms with E-state index in [0.29, 0.717) is 6.04 Å². The standard InChI is InChI=1S/C20H23N3.C2HF3O2/c1-15(2)23(14-19-6-4-5-11-21-19)13-17-8-10-20-18(12-17)9-7-16(3)22-20;3-2(4,5)1(6)7/h4-12,15H,13-14H2,1-3H3;(H,6,7). The molecule has 2 heterocycles. The van der Waals surface area contributed by atoms with Crippen molar-refractivity contribution in [3.63, 3.8) is 0 Å². The zero-order chi connectivity index (χ0) is 22.3. The van der Waals surface area contributed by atoms with E-state index in [4.69, 9.17) is 9.90 Å². The molecule has 160 valence electrons. The third kappa shape index (κ3) is 7.11. The Balaban J connectivity index is 0.000000396. The van der Waals surface area contributed by atoms with Gasteiger partial charge in [0.1, 0.15) is 0 Å². The van der Waals surface area contributed by atoms with Gasteiger partial charge in [0, 0.05) is 36.4 Å².